The first kappa shape index (κ1) is 18.9. The summed E-state index contributed by atoms with van der Waals surface area (Å²) in [6.45, 7) is 2.13. The van der Waals surface area contributed by atoms with Gasteiger partial charge in [0.2, 0.25) is 0 Å². The first-order valence-electron chi connectivity index (χ1n) is 10.3. The first-order valence-corrected chi connectivity index (χ1v) is 10.3. The first-order chi connectivity index (χ1) is 13.5. The Hall–Kier alpha value is -2.48. The van der Waals surface area contributed by atoms with Crippen molar-refractivity contribution >= 4 is 11.6 Å². The Balaban J connectivity index is 1.42. The van der Waals surface area contributed by atoms with Crippen molar-refractivity contribution in [3.63, 3.8) is 0 Å². The maximum Gasteiger partial charge on any atom is 0.263 e. The molecule has 0 aliphatic heterocycles. The lowest BCUT2D eigenvalue weighted by atomic mass is 9.48. The van der Waals surface area contributed by atoms with Crippen LogP contribution in [0, 0.1) is 34.5 Å². The highest BCUT2D eigenvalue weighted by Gasteiger charge is 2.53. The smallest absolute Gasteiger partial charge is 0.263 e. The molecule has 0 aromatic heterocycles. The quantitative estimate of drug-likeness (QED) is 0.573. The fourth-order valence-electron chi connectivity index (χ4n) is 6.15. The van der Waals surface area contributed by atoms with E-state index < -0.39 is 0 Å². The average Bonchev–Trinajstić information content (AvgIpc) is 2.67. The van der Waals surface area contributed by atoms with E-state index >= 15 is 0 Å². The number of nitriles is 1. The highest BCUT2D eigenvalue weighted by Crippen LogP contribution is 2.61. The summed E-state index contributed by atoms with van der Waals surface area (Å²) in [6.07, 6.45) is 9.32. The second kappa shape index (κ2) is 7.50. The summed E-state index contributed by atoms with van der Waals surface area (Å²) in [7, 11) is 1.61. The van der Waals surface area contributed by atoms with Crippen LogP contribution in [-0.4, -0.2) is 19.1 Å². The summed E-state index contributed by atoms with van der Waals surface area (Å²) in [6, 6.07) is 9.52. The lowest BCUT2D eigenvalue weighted by Crippen LogP contribution is -2.56. The van der Waals surface area contributed by atoms with Crippen molar-refractivity contribution in [2.24, 2.45) is 23.2 Å². The molecular weight excluding hydrogens is 350 g/mol. The van der Waals surface area contributed by atoms with Crippen molar-refractivity contribution in [2.75, 3.05) is 12.4 Å². The molecule has 5 rings (SSSR count). The maximum absolute atomic E-state index is 12.8. The van der Waals surface area contributed by atoms with Crippen molar-refractivity contribution in [2.45, 2.75) is 51.5 Å². The van der Waals surface area contributed by atoms with Crippen LogP contribution in [0.3, 0.4) is 0 Å². The highest BCUT2D eigenvalue weighted by molar-refractivity contribution is 5.97. The van der Waals surface area contributed by atoms with E-state index in [2.05, 4.69) is 17.6 Å². The van der Waals surface area contributed by atoms with E-state index in [0.29, 0.717) is 0 Å². The standard InChI is InChI=1S/C23H29N3O2/c1-15(23-10-16-6-17(11-23)8-18(7-16)12-23)26-22(27)19(13-24)14-25-20-4-3-5-21(9-20)28-2/h3-5,9,14-18,25H,6-8,10-12H2,1-2H3,(H,26,27)/b19-14-. The number of anilines is 1. The van der Waals surface area contributed by atoms with Crippen molar-refractivity contribution in [3.05, 3.63) is 36.0 Å². The van der Waals surface area contributed by atoms with Crippen LogP contribution in [-0.2, 0) is 4.79 Å². The third kappa shape index (κ3) is 3.61. The van der Waals surface area contributed by atoms with E-state index in [4.69, 9.17) is 4.74 Å². The van der Waals surface area contributed by atoms with Gasteiger partial charge in [-0.1, -0.05) is 6.07 Å². The number of carbonyl (C=O) groups is 1. The molecular formula is C23H29N3O2. The summed E-state index contributed by atoms with van der Waals surface area (Å²) in [5.41, 5.74) is 1.10. The SMILES string of the molecule is COc1cccc(N/C=C(/C#N)C(=O)NC(C)C23CC4CC(CC(C4)C2)C3)c1. The van der Waals surface area contributed by atoms with Gasteiger partial charge in [-0.15, -0.1) is 0 Å². The van der Waals surface area contributed by atoms with Gasteiger partial charge in [0.15, 0.2) is 0 Å². The molecule has 0 radical (unpaired) electrons. The summed E-state index contributed by atoms with van der Waals surface area (Å²) in [5.74, 6) is 2.95. The number of hydrogen-bond acceptors (Lipinski definition) is 4. The zero-order valence-corrected chi connectivity index (χ0v) is 16.7. The number of benzene rings is 1. The van der Waals surface area contributed by atoms with Gasteiger partial charge in [0.1, 0.15) is 17.4 Å². The molecule has 2 N–H and O–H groups in total. The van der Waals surface area contributed by atoms with E-state index in [0.717, 1.165) is 29.2 Å². The lowest BCUT2D eigenvalue weighted by Gasteiger charge is -2.59. The van der Waals surface area contributed by atoms with Crippen LogP contribution >= 0.6 is 0 Å². The minimum Gasteiger partial charge on any atom is -0.497 e. The Kier molecular flexibility index (Phi) is 5.05. The van der Waals surface area contributed by atoms with E-state index in [9.17, 15) is 10.1 Å². The van der Waals surface area contributed by atoms with Gasteiger partial charge >= 0.3 is 0 Å². The molecule has 4 bridgehead atoms. The normalized spacial score (nSPS) is 31.8. The Bertz CT molecular complexity index is 788. The predicted molar refractivity (Wildman–Crippen MR) is 109 cm³/mol. The topological polar surface area (TPSA) is 74.1 Å². The van der Waals surface area contributed by atoms with Crippen LogP contribution in [0.2, 0.25) is 0 Å². The Morgan fingerprint density at radius 3 is 2.46 bits per heavy atom. The van der Waals surface area contributed by atoms with Crippen LogP contribution in [0.5, 0.6) is 5.75 Å². The van der Waals surface area contributed by atoms with Gasteiger partial charge in [-0.3, -0.25) is 4.79 Å². The molecule has 1 amide bonds. The molecule has 5 nitrogen and oxygen atoms in total. The monoisotopic (exact) mass is 379 g/mol. The fraction of sp³-hybridized carbons (Fsp3) is 0.565. The summed E-state index contributed by atoms with van der Waals surface area (Å²) in [4.78, 5) is 12.8. The maximum atomic E-state index is 12.8. The lowest BCUT2D eigenvalue weighted by molar-refractivity contribution is -0.122. The van der Waals surface area contributed by atoms with E-state index in [1.54, 1.807) is 7.11 Å². The summed E-state index contributed by atoms with van der Waals surface area (Å²) in [5, 5.41) is 15.7. The molecule has 1 unspecified atom stereocenters. The number of rotatable bonds is 6. The van der Waals surface area contributed by atoms with Crippen molar-refractivity contribution in [3.8, 4) is 11.8 Å². The van der Waals surface area contributed by atoms with Crippen LogP contribution < -0.4 is 15.4 Å². The van der Waals surface area contributed by atoms with Crippen molar-refractivity contribution in [1.82, 2.24) is 5.32 Å². The Labute approximate surface area is 167 Å². The minimum absolute atomic E-state index is 0.0967. The van der Waals surface area contributed by atoms with Gasteiger partial charge < -0.3 is 15.4 Å². The Morgan fingerprint density at radius 2 is 1.89 bits per heavy atom. The van der Waals surface area contributed by atoms with E-state index in [1.807, 2.05) is 30.3 Å². The molecule has 148 valence electrons. The Morgan fingerprint density at radius 1 is 1.25 bits per heavy atom. The van der Waals surface area contributed by atoms with Gasteiger partial charge in [0, 0.05) is 24.0 Å². The van der Waals surface area contributed by atoms with Gasteiger partial charge in [-0.05, 0) is 80.8 Å². The third-order valence-corrected chi connectivity index (χ3v) is 7.17. The van der Waals surface area contributed by atoms with E-state index in [-0.39, 0.29) is 22.9 Å². The molecule has 4 saturated carbocycles. The second-order valence-corrected chi connectivity index (χ2v) is 9.02. The van der Waals surface area contributed by atoms with Gasteiger partial charge in [-0.2, -0.15) is 5.26 Å². The number of hydrogen-bond donors (Lipinski definition) is 2. The number of carbonyl (C=O) groups excluding carboxylic acids is 1. The second-order valence-electron chi connectivity index (χ2n) is 9.02. The summed E-state index contributed by atoms with van der Waals surface area (Å²) < 4.78 is 5.20. The van der Waals surface area contributed by atoms with E-state index in [1.165, 1.54) is 44.7 Å². The molecule has 1 aromatic rings. The number of ether oxygens (including phenoxy) is 1. The average molecular weight is 380 g/mol. The molecule has 28 heavy (non-hydrogen) atoms. The molecule has 1 atom stereocenters. The van der Waals surface area contributed by atoms with Crippen LogP contribution in [0.1, 0.15) is 45.4 Å². The molecule has 5 heteroatoms. The fourth-order valence-corrected chi connectivity index (χ4v) is 6.15. The molecule has 4 fully saturated rings. The molecule has 0 saturated heterocycles. The van der Waals surface area contributed by atoms with Gasteiger partial charge in [0.25, 0.3) is 5.91 Å². The molecule has 4 aliphatic carbocycles. The molecule has 0 heterocycles. The van der Waals surface area contributed by atoms with Crippen molar-refractivity contribution in [1.29, 1.82) is 5.26 Å². The number of nitrogens with zero attached hydrogens (tertiary/aromatic N) is 1. The van der Waals surface area contributed by atoms with Gasteiger partial charge in [0.05, 0.1) is 7.11 Å². The zero-order chi connectivity index (χ0) is 19.7. The number of amides is 1. The van der Waals surface area contributed by atoms with Crippen LogP contribution in [0.4, 0.5) is 5.69 Å². The number of nitrogens with one attached hydrogen (secondary N) is 2. The van der Waals surface area contributed by atoms with Crippen molar-refractivity contribution < 1.29 is 9.53 Å². The molecule has 0 spiro atoms. The highest BCUT2D eigenvalue weighted by atomic mass is 16.5. The van der Waals surface area contributed by atoms with Gasteiger partial charge in [-0.25, -0.2) is 0 Å². The molecule has 4 aliphatic rings. The molecule has 1 aromatic carbocycles. The number of methoxy groups -OCH3 is 1. The predicted octanol–water partition coefficient (Wildman–Crippen LogP) is 4.24. The third-order valence-electron chi connectivity index (χ3n) is 7.17. The minimum atomic E-state index is -0.291. The largest absolute Gasteiger partial charge is 0.497 e. The summed E-state index contributed by atoms with van der Waals surface area (Å²) >= 11 is 0. The zero-order valence-electron chi connectivity index (χ0n) is 16.7. The van der Waals surface area contributed by atoms with Crippen LogP contribution in [0.15, 0.2) is 36.0 Å². The van der Waals surface area contributed by atoms with Crippen LogP contribution in [0.25, 0.3) is 0 Å².